The summed E-state index contributed by atoms with van der Waals surface area (Å²) in [4.78, 5) is 3.46. The molecule has 1 heterocycles. The number of hydrogen-bond acceptors (Lipinski definition) is 1. The highest BCUT2D eigenvalue weighted by Gasteiger charge is 2.34. The zero-order chi connectivity index (χ0) is 14.5. The number of thioether (sulfide) groups is 1. The van der Waals surface area contributed by atoms with Crippen LogP contribution in [0.3, 0.4) is 0 Å². The summed E-state index contributed by atoms with van der Waals surface area (Å²) in [6, 6.07) is 8.43. The third-order valence-corrected chi connectivity index (χ3v) is 4.21. The van der Waals surface area contributed by atoms with Crippen molar-refractivity contribution in [2.45, 2.75) is 18.0 Å². The lowest BCUT2D eigenvalue weighted by atomic mass is 10.1. The van der Waals surface area contributed by atoms with Crippen molar-refractivity contribution in [3.63, 3.8) is 0 Å². The second kappa shape index (κ2) is 4.45. The summed E-state index contributed by atoms with van der Waals surface area (Å²) >= 11 is 1.14. The molecule has 0 aliphatic rings. The van der Waals surface area contributed by atoms with E-state index in [1.807, 2.05) is 25.1 Å². The monoisotopic (exact) mass is 295 g/mol. The van der Waals surface area contributed by atoms with E-state index in [0.29, 0.717) is 5.39 Å². The van der Waals surface area contributed by atoms with Gasteiger partial charge in [0.15, 0.2) is 0 Å². The second-order valence-corrected chi connectivity index (χ2v) is 5.56. The Bertz CT molecular complexity index is 802. The summed E-state index contributed by atoms with van der Waals surface area (Å²) in [5.74, 6) is 0. The van der Waals surface area contributed by atoms with Gasteiger partial charge in [-0.2, -0.15) is 13.2 Å². The minimum Gasteiger partial charge on any atom is -0.354 e. The van der Waals surface area contributed by atoms with Gasteiger partial charge in [0.1, 0.15) is 0 Å². The van der Waals surface area contributed by atoms with Crippen molar-refractivity contribution in [2.24, 2.45) is 0 Å². The maximum absolute atomic E-state index is 13.1. The molecule has 0 fully saturated rings. The van der Waals surface area contributed by atoms with Gasteiger partial charge in [-0.3, -0.25) is 0 Å². The summed E-state index contributed by atoms with van der Waals surface area (Å²) < 4.78 is 39.4. The van der Waals surface area contributed by atoms with Crippen LogP contribution in [0.25, 0.3) is 21.8 Å². The molecule has 0 amide bonds. The number of hydrogen-bond donors (Lipinski definition) is 1. The molecular formula is C15H12F3NS. The van der Waals surface area contributed by atoms with E-state index < -0.39 is 11.7 Å². The van der Waals surface area contributed by atoms with Gasteiger partial charge in [0.2, 0.25) is 0 Å². The molecule has 5 heteroatoms. The fourth-order valence-corrected chi connectivity index (χ4v) is 3.34. The van der Waals surface area contributed by atoms with Crippen LogP contribution in [0.1, 0.15) is 11.1 Å². The zero-order valence-electron chi connectivity index (χ0n) is 10.9. The van der Waals surface area contributed by atoms with Gasteiger partial charge < -0.3 is 4.98 Å². The van der Waals surface area contributed by atoms with Crippen LogP contribution in [0.4, 0.5) is 13.2 Å². The number of benzene rings is 2. The van der Waals surface area contributed by atoms with Crippen LogP contribution < -0.4 is 0 Å². The Labute approximate surface area is 118 Å². The first kappa shape index (κ1) is 13.4. The quantitative estimate of drug-likeness (QED) is 0.597. The SMILES string of the molecule is CSc1c(C(F)(F)F)ccc2[nH]c3ccc(C)cc3c12. The number of fused-ring (bicyclic) bond motifs is 3. The number of aromatic nitrogens is 1. The number of rotatable bonds is 1. The zero-order valence-corrected chi connectivity index (χ0v) is 11.7. The molecule has 0 atom stereocenters. The van der Waals surface area contributed by atoms with Crippen LogP contribution >= 0.6 is 11.8 Å². The largest absolute Gasteiger partial charge is 0.417 e. The Morgan fingerprint density at radius 2 is 1.75 bits per heavy atom. The van der Waals surface area contributed by atoms with Gasteiger partial charge in [0.05, 0.1) is 5.56 Å². The third-order valence-electron chi connectivity index (χ3n) is 3.38. The van der Waals surface area contributed by atoms with E-state index in [1.165, 1.54) is 6.07 Å². The van der Waals surface area contributed by atoms with Crippen LogP contribution in [-0.2, 0) is 6.18 Å². The molecular weight excluding hydrogens is 283 g/mol. The standard InChI is InChI=1S/C15H12F3NS/c1-8-3-5-11-9(7-8)13-12(19-11)6-4-10(14(13)20-2)15(16,17)18/h3-7,19H,1-2H3. The predicted molar refractivity (Wildman–Crippen MR) is 77.3 cm³/mol. The molecule has 1 aromatic heterocycles. The number of alkyl halides is 3. The summed E-state index contributed by atoms with van der Waals surface area (Å²) in [5, 5.41) is 1.50. The van der Waals surface area contributed by atoms with Crippen LogP contribution in [0.2, 0.25) is 0 Å². The number of aromatic amines is 1. The van der Waals surface area contributed by atoms with Crippen molar-refractivity contribution in [3.05, 3.63) is 41.5 Å². The van der Waals surface area contributed by atoms with E-state index in [0.717, 1.165) is 39.8 Å². The predicted octanol–water partition coefficient (Wildman–Crippen LogP) is 5.37. The Hall–Kier alpha value is -1.62. The first-order valence-electron chi connectivity index (χ1n) is 6.08. The maximum Gasteiger partial charge on any atom is 0.417 e. The molecule has 20 heavy (non-hydrogen) atoms. The summed E-state index contributed by atoms with van der Waals surface area (Å²) in [6.07, 6.45) is -2.65. The fourth-order valence-electron chi connectivity index (χ4n) is 2.51. The molecule has 0 bridgehead atoms. The van der Waals surface area contributed by atoms with E-state index in [1.54, 1.807) is 6.26 Å². The van der Waals surface area contributed by atoms with Crippen molar-refractivity contribution in [1.29, 1.82) is 0 Å². The molecule has 0 radical (unpaired) electrons. The molecule has 0 aliphatic heterocycles. The Morgan fingerprint density at radius 1 is 1.05 bits per heavy atom. The Morgan fingerprint density at radius 3 is 2.40 bits per heavy atom. The van der Waals surface area contributed by atoms with Gasteiger partial charge in [0.25, 0.3) is 0 Å². The van der Waals surface area contributed by atoms with Crippen molar-refractivity contribution in [2.75, 3.05) is 6.26 Å². The summed E-state index contributed by atoms with van der Waals surface area (Å²) in [5.41, 5.74) is 2.06. The van der Waals surface area contributed by atoms with Gasteiger partial charge >= 0.3 is 6.18 Å². The van der Waals surface area contributed by atoms with Crippen LogP contribution in [0.5, 0.6) is 0 Å². The van der Waals surface area contributed by atoms with E-state index in [2.05, 4.69) is 4.98 Å². The molecule has 0 aliphatic carbocycles. The first-order chi connectivity index (χ1) is 9.41. The van der Waals surface area contributed by atoms with Gasteiger partial charge in [0, 0.05) is 26.7 Å². The van der Waals surface area contributed by atoms with Crippen molar-refractivity contribution in [1.82, 2.24) is 4.98 Å². The van der Waals surface area contributed by atoms with E-state index >= 15 is 0 Å². The number of aryl methyl sites for hydroxylation is 1. The first-order valence-corrected chi connectivity index (χ1v) is 7.30. The van der Waals surface area contributed by atoms with E-state index in [4.69, 9.17) is 0 Å². The Balaban J connectivity index is 2.48. The van der Waals surface area contributed by atoms with E-state index in [-0.39, 0.29) is 4.90 Å². The number of halogens is 3. The van der Waals surface area contributed by atoms with Crippen molar-refractivity contribution in [3.8, 4) is 0 Å². The van der Waals surface area contributed by atoms with E-state index in [9.17, 15) is 13.2 Å². The molecule has 0 saturated carbocycles. The topological polar surface area (TPSA) is 15.8 Å². The summed E-state index contributed by atoms with van der Waals surface area (Å²) in [6.45, 7) is 1.94. The molecule has 104 valence electrons. The minimum atomic E-state index is -4.33. The lowest BCUT2D eigenvalue weighted by molar-refractivity contribution is -0.139. The molecule has 3 aromatic rings. The smallest absolute Gasteiger partial charge is 0.354 e. The minimum absolute atomic E-state index is 0.284. The van der Waals surface area contributed by atoms with Crippen LogP contribution in [0, 0.1) is 6.92 Å². The number of nitrogens with one attached hydrogen (secondary N) is 1. The molecule has 1 N–H and O–H groups in total. The second-order valence-electron chi connectivity index (χ2n) is 4.74. The molecule has 1 nitrogen and oxygen atoms in total. The van der Waals surface area contributed by atoms with Crippen LogP contribution in [0.15, 0.2) is 35.2 Å². The molecule has 0 unspecified atom stereocenters. The fraction of sp³-hybridized carbons (Fsp3) is 0.200. The normalized spacial score (nSPS) is 12.4. The molecule has 0 spiro atoms. The highest BCUT2D eigenvalue weighted by molar-refractivity contribution is 7.98. The highest BCUT2D eigenvalue weighted by Crippen LogP contribution is 2.42. The maximum atomic E-state index is 13.1. The average Bonchev–Trinajstić information content (AvgIpc) is 2.74. The molecule has 2 aromatic carbocycles. The van der Waals surface area contributed by atoms with Gasteiger partial charge in [-0.05, 0) is 37.4 Å². The molecule has 0 saturated heterocycles. The van der Waals surface area contributed by atoms with Crippen LogP contribution in [-0.4, -0.2) is 11.2 Å². The number of H-pyrrole nitrogens is 1. The lowest BCUT2D eigenvalue weighted by Gasteiger charge is -2.12. The van der Waals surface area contributed by atoms with Gasteiger partial charge in [-0.25, -0.2) is 0 Å². The summed E-state index contributed by atoms with van der Waals surface area (Å²) in [7, 11) is 0. The lowest BCUT2D eigenvalue weighted by Crippen LogP contribution is -2.06. The highest BCUT2D eigenvalue weighted by atomic mass is 32.2. The van der Waals surface area contributed by atoms with Crippen molar-refractivity contribution < 1.29 is 13.2 Å². The van der Waals surface area contributed by atoms with Crippen molar-refractivity contribution >= 4 is 33.6 Å². The third kappa shape index (κ3) is 1.97. The van der Waals surface area contributed by atoms with Gasteiger partial charge in [-0.15, -0.1) is 11.8 Å². The average molecular weight is 295 g/mol. The Kier molecular flexibility index (Phi) is 2.97. The van der Waals surface area contributed by atoms with Gasteiger partial charge in [-0.1, -0.05) is 11.6 Å². The molecule has 3 rings (SSSR count).